The van der Waals surface area contributed by atoms with Gasteiger partial charge in [-0.2, -0.15) is 5.10 Å². The molecule has 2 amide bonds. The summed E-state index contributed by atoms with van der Waals surface area (Å²) >= 11 is 0. The summed E-state index contributed by atoms with van der Waals surface area (Å²) in [6.45, 7) is 0.307. The van der Waals surface area contributed by atoms with Crippen LogP contribution in [0.1, 0.15) is 26.6 Å². The number of hydrogen-bond donors (Lipinski definition) is 2. The average molecular weight is 452 g/mol. The number of aromatic nitrogens is 2. The largest absolute Gasteiger partial charge is 0.463 e. The number of carbonyl (C=O) groups is 2. The van der Waals surface area contributed by atoms with E-state index in [-0.39, 0.29) is 17.6 Å². The molecule has 0 atom stereocenters. The second-order valence-electron chi connectivity index (χ2n) is 7.45. The van der Waals surface area contributed by atoms with E-state index in [0.29, 0.717) is 29.4 Å². The Hall–Kier alpha value is -4.85. The average Bonchev–Trinajstić information content (AvgIpc) is 3.65. The smallest absolute Gasteiger partial charge is 0.291 e. The number of amides is 2. The monoisotopic (exact) mass is 452 g/mol. The topological polar surface area (TPSA) is 102 Å². The maximum atomic E-state index is 13.1. The molecule has 0 aliphatic heterocycles. The van der Waals surface area contributed by atoms with Crippen LogP contribution in [0.15, 0.2) is 106 Å². The minimum atomic E-state index is -0.326. The lowest BCUT2D eigenvalue weighted by atomic mass is 10.2. The van der Waals surface area contributed by atoms with Crippen LogP contribution in [0.2, 0.25) is 0 Å². The van der Waals surface area contributed by atoms with E-state index in [9.17, 15) is 9.59 Å². The molecule has 0 spiro atoms. The van der Waals surface area contributed by atoms with Crippen molar-refractivity contribution in [3.05, 3.63) is 114 Å². The van der Waals surface area contributed by atoms with Crippen molar-refractivity contribution < 1.29 is 18.4 Å². The van der Waals surface area contributed by atoms with Gasteiger partial charge in [-0.15, -0.1) is 0 Å². The number of nitrogens with zero attached hydrogens (tertiary/aromatic N) is 2. The fraction of sp³-hybridized carbons (Fsp3) is 0.0385. The summed E-state index contributed by atoms with van der Waals surface area (Å²) < 4.78 is 12.1. The highest BCUT2D eigenvalue weighted by atomic mass is 16.3. The molecule has 5 rings (SSSR count). The minimum absolute atomic E-state index is 0.236. The van der Waals surface area contributed by atoms with Gasteiger partial charge in [0, 0.05) is 18.3 Å². The van der Waals surface area contributed by atoms with E-state index in [4.69, 9.17) is 8.83 Å². The van der Waals surface area contributed by atoms with E-state index < -0.39 is 0 Å². The molecule has 3 aromatic heterocycles. The van der Waals surface area contributed by atoms with Gasteiger partial charge < -0.3 is 19.5 Å². The van der Waals surface area contributed by atoms with Crippen LogP contribution in [-0.2, 0) is 6.54 Å². The molecule has 0 aliphatic carbocycles. The minimum Gasteiger partial charge on any atom is -0.463 e. The van der Waals surface area contributed by atoms with Gasteiger partial charge in [-0.25, -0.2) is 4.68 Å². The first kappa shape index (κ1) is 21.0. The standard InChI is InChI=1S/C26H20N4O4/c31-25(27-17-18-10-12-19(13-11-18)28-26(32)24-9-5-15-34-24)22-16-21(23-8-4-14-33-23)29-30(22)20-6-2-1-3-7-20/h1-16H,17H2,(H,27,31)(H,28,32). The van der Waals surface area contributed by atoms with E-state index in [0.717, 1.165) is 11.3 Å². The zero-order valence-corrected chi connectivity index (χ0v) is 18.0. The molecule has 0 fully saturated rings. The van der Waals surface area contributed by atoms with E-state index >= 15 is 0 Å². The van der Waals surface area contributed by atoms with Crippen molar-refractivity contribution in [2.75, 3.05) is 5.32 Å². The van der Waals surface area contributed by atoms with Crippen molar-refractivity contribution in [3.8, 4) is 17.1 Å². The van der Waals surface area contributed by atoms with Gasteiger partial charge in [0.15, 0.2) is 11.5 Å². The van der Waals surface area contributed by atoms with Gasteiger partial charge in [-0.05, 0) is 54.1 Å². The van der Waals surface area contributed by atoms with Crippen LogP contribution < -0.4 is 10.6 Å². The zero-order chi connectivity index (χ0) is 23.3. The Balaban J connectivity index is 1.29. The van der Waals surface area contributed by atoms with Gasteiger partial charge in [-0.1, -0.05) is 30.3 Å². The quantitative estimate of drug-likeness (QED) is 0.365. The molecule has 0 radical (unpaired) electrons. The molecular formula is C26H20N4O4. The molecule has 8 heteroatoms. The van der Waals surface area contributed by atoms with Gasteiger partial charge in [0.05, 0.1) is 18.2 Å². The van der Waals surface area contributed by atoms with Crippen molar-refractivity contribution in [1.29, 1.82) is 0 Å². The first-order valence-corrected chi connectivity index (χ1v) is 10.6. The first-order chi connectivity index (χ1) is 16.7. The van der Waals surface area contributed by atoms with Crippen LogP contribution in [0, 0.1) is 0 Å². The summed E-state index contributed by atoms with van der Waals surface area (Å²) in [7, 11) is 0. The van der Waals surface area contributed by atoms with E-state index in [1.165, 1.54) is 6.26 Å². The molecule has 3 heterocycles. The Morgan fingerprint density at radius 1 is 0.824 bits per heavy atom. The summed E-state index contributed by atoms with van der Waals surface area (Å²) in [6.07, 6.45) is 3.01. The van der Waals surface area contributed by atoms with Crippen LogP contribution in [0.5, 0.6) is 0 Å². The summed E-state index contributed by atoms with van der Waals surface area (Å²) in [4.78, 5) is 25.2. The van der Waals surface area contributed by atoms with Gasteiger partial charge in [0.25, 0.3) is 11.8 Å². The highest BCUT2D eigenvalue weighted by Gasteiger charge is 2.18. The number of furan rings is 2. The summed E-state index contributed by atoms with van der Waals surface area (Å²) in [5.41, 5.74) is 3.22. The highest BCUT2D eigenvalue weighted by Crippen LogP contribution is 2.22. The molecule has 8 nitrogen and oxygen atoms in total. The summed E-state index contributed by atoms with van der Waals surface area (Å²) in [5.74, 6) is 0.216. The van der Waals surface area contributed by atoms with Crippen molar-refractivity contribution in [1.82, 2.24) is 15.1 Å². The third-order valence-corrected chi connectivity index (χ3v) is 5.13. The predicted molar refractivity (Wildman–Crippen MR) is 126 cm³/mol. The van der Waals surface area contributed by atoms with Gasteiger partial charge in [-0.3, -0.25) is 9.59 Å². The molecule has 0 aliphatic rings. The summed E-state index contributed by atoms with van der Waals surface area (Å²) in [6, 6.07) is 25.2. The number of nitrogens with one attached hydrogen (secondary N) is 2. The number of carbonyl (C=O) groups excluding carboxylic acids is 2. The zero-order valence-electron chi connectivity index (χ0n) is 18.0. The molecule has 0 saturated heterocycles. The van der Waals surface area contributed by atoms with Crippen molar-refractivity contribution in [2.24, 2.45) is 0 Å². The lowest BCUT2D eigenvalue weighted by Crippen LogP contribution is -2.25. The van der Waals surface area contributed by atoms with Crippen LogP contribution in [0.3, 0.4) is 0 Å². The molecule has 5 aromatic rings. The van der Waals surface area contributed by atoms with Gasteiger partial charge >= 0.3 is 0 Å². The van der Waals surface area contributed by atoms with Crippen molar-refractivity contribution >= 4 is 17.5 Å². The molecule has 0 unspecified atom stereocenters. The Morgan fingerprint density at radius 2 is 1.59 bits per heavy atom. The molecule has 0 saturated carbocycles. The molecule has 168 valence electrons. The number of benzene rings is 2. The van der Waals surface area contributed by atoms with E-state index in [2.05, 4.69) is 15.7 Å². The Kier molecular flexibility index (Phi) is 5.77. The molecule has 0 bridgehead atoms. The van der Waals surface area contributed by atoms with Gasteiger partial charge in [0.1, 0.15) is 11.4 Å². The summed E-state index contributed by atoms with van der Waals surface area (Å²) in [5, 5.41) is 10.3. The maximum Gasteiger partial charge on any atom is 0.291 e. The normalized spacial score (nSPS) is 10.7. The third-order valence-electron chi connectivity index (χ3n) is 5.13. The molecule has 2 N–H and O–H groups in total. The Morgan fingerprint density at radius 3 is 2.29 bits per heavy atom. The van der Waals surface area contributed by atoms with Crippen molar-refractivity contribution in [2.45, 2.75) is 6.54 Å². The first-order valence-electron chi connectivity index (χ1n) is 10.6. The lowest BCUT2D eigenvalue weighted by molar-refractivity contribution is 0.0942. The van der Waals surface area contributed by atoms with Crippen molar-refractivity contribution in [3.63, 3.8) is 0 Å². The Bertz CT molecular complexity index is 1390. The fourth-order valence-corrected chi connectivity index (χ4v) is 3.43. The molecular weight excluding hydrogens is 432 g/mol. The van der Waals surface area contributed by atoms with Crippen LogP contribution in [0.4, 0.5) is 5.69 Å². The third kappa shape index (κ3) is 4.51. The van der Waals surface area contributed by atoms with Gasteiger partial charge in [0.2, 0.25) is 0 Å². The number of rotatable bonds is 7. The number of hydrogen-bond acceptors (Lipinski definition) is 5. The van der Waals surface area contributed by atoms with Crippen LogP contribution >= 0.6 is 0 Å². The van der Waals surface area contributed by atoms with Crippen LogP contribution in [-0.4, -0.2) is 21.6 Å². The highest BCUT2D eigenvalue weighted by molar-refractivity contribution is 6.02. The van der Waals surface area contributed by atoms with E-state index in [1.807, 2.05) is 42.5 Å². The molecule has 34 heavy (non-hydrogen) atoms. The lowest BCUT2D eigenvalue weighted by Gasteiger charge is -2.09. The fourth-order valence-electron chi connectivity index (χ4n) is 3.43. The second-order valence-corrected chi connectivity index (χ2v) is 7.45. The predicted octanol–water partition coefficient (Wildman–Crippen LogP) is 4.91. The number of anilines is 1. The SMILES string of the molecule is O=C(Nc1ccc(CNC(=O)c2cc(-c3ccco3)nn2-c2ccccc2)cc1)c1ccco1. The molecule has 2 aromatic carbocycles. The number of para-hydroxylation sites is 1. The van der Waals surface area contributed by atoms with E-state index in [1.54, 1.807) is 53.4 Å². The Labute approximate surface area is 194 Å². The van der Waals surface area contributed by atoms with Crippen LogP contribution in [0.25, 0.3) is 17.1 Å². The maximum absolute atomic E-state index is 13.1. The second kappa shape index (κ2) is 9.33.